The molecule has 1 nitrogen and oxygen atoms in total. The molecule has 0 aliphatic rings. The van der Waals surface area contributed by atoms with Crippen LogP contribution >= 0.6 is 0 Å². The van der Waals surface area contributed by atoms with E-state index < -0.39 is 12.2 Å². The lowest BCUT2D eigenvalue weighted by molar-refractivity contribution is 0.0308. The average Bonchev–Trinajstić information content (AvgIpc) is 2.93. The Balaban J connectivity index is 1.89. The van der Waals surface area contributed by atoms with Gasteiger partial charge in [-0.1, -0.05) is 72.2 Å². The van der Waals surface area contributed by atoms with Crippen LogP contribution in [0.3, 0.4) is 0 Å². The molecule has 0 heterocycles. The lowest BCUT2D eigenvalue weighted by Crippen LogP contribution is -2.14. The summed E-state index contributed by atoms with van der Waals surface area (Å²) in [6.45, 7) is 0. The Morgan fingerprint density at radius 3 is 0.914 bits per heavy atom. The van der Waals surface area contributed by atoms with Crippen LogP contribution in [0.4, 0.5) is 0 Å². The van der Waals surface area contributed by atoms with Crippen molar-refractivity contribution in [2.24, 2.45) is 0 Å². The van der Waals surface area contributed by atoms with Gasteiger partial charge in [-0.3, -0.25) is 0 Å². The third kappa shape index (κ3) is 5.36. The van der Waals surface area contributed by atoms with Crippen LogP contribution in [-0.4, -0.2) is 0 Å². The van der Waals surface area contributed by atoms with Crippen molar-refractivity contribution < 1.29 is 4.74 Å². The SMILES string of the molecule is C#Cc1cccc(C(OC(c2cccc(C#C)c2)c2cccc(C#C)c2)c2cccc(C#C)c2)c1. The summed E-state index contributed by atoms with van der Waals surface area (Å²) in [6, 6.07) is 31.1. The highest BCUT2D eigenvalue weighted by Crippen LogP contribution is 2.37. The molecule has 0 amide bonds. The number of rotatable bonds is 6. The summed E-state index contributed by atoms with van der Waals surface area (Å²) >= 11 is 0. The van der Waals surface area contributed by atoms with Gasteiger partial charge in [0, 0.05) is 22.3 Å². The van der Waals surface area contributed by atoms with Gasteiger partial charge in [-0.15, -0.1) is 25.7 Å². The van der Waals surface area contributed by atoms with E-state index in [0.717, 1.165) is 44.5 Å². The molecule has 1 heteroatoms. The Bertz CT molecular complexity index is 1300. The maximum Gasteiger partial charge on any atom is 0.109 e. The molecular formula is C34H22O. The van der Waals surface area contributed by atoms with E-state index in [1.165, 1.54) is 0 Å². The van der Waals surface area contributed by atoms with E-state index in [2.05, 4.69) is 23.7 Å². The van der Waals surface area contributed by atoms with Gasteiger partial charge in [0.05, 0.1) is 0 Å². The molecule has 0 aliphatic heterocycles. The van der Waals surface area contributed by atoms with E-state index in [-0.39, 0.29) is 0 Å². The van der Waals surface area contributed by atoms with Gasteiger partial charge in [-0.05, 0) is 70.8 Å². The predicted molar refractivity (Wildman–Crippen MR) is 142 cm³/mol. The van der Waals surface area contributed by atoms with E-state index >= 15 is 0 Å². The van der Waals surface area contributed by atoms with E-state index in [1.807, 2.05) is 97.1 Å². The molecule has 0 saturated carbocycles. The van der Waals surface area contributed by atoms with Crippen molar-refractivity contribution >= 4 is 0 Å². The van der Waals surface area contributed by atoms with Crippen LogP contribution < -0.4 is 0 Å². The van der Waals surface area contributed by atoms with Crippen molar-refractivity contribution in [3.05, 3.63) is 142 Å². The lowest BCUT2D eigenvalue weighted by Gasteiger charge is -2.27. The molecule has 0 aliphatic carbocycles. The molecule has 4 aromatic rings. The third-order valence-electron chi connectivity index (χ3n) is 5.70. The van der Waals surface area contributed by atoms with Gasteiger partial charge in [0.2, 0.25) is 0 Å². The summed E-state index contributed by atoms with van der Waals surface area (Å²) in [5.74, 6) is 10.8. The van der Waals surface area contributed by atoms with Gasteiger partial charge in [-0.25, -0.2) is 0 Å². The topological polar surface area (TPSA) is 9.23 Å². The summed E-state index contributed by atoms with van der Waals surface area (Å²) in [5, 5.41) is 0. The van der Waals surface area contributed by atoms with Crippen molar-refractivity contribution in [1.82, 2.24) is 0 Å². The predicted octanol–water partition coefficient (Wildman–Crippen LogP) is 6.51. The molecule has 0 fully saturated rings. The van der Waals surface area contributed by atoms with E-state index in [1.54, 1.807) is 0 Å². The average molecular weight is 447 g/mol. The van der Waals surface area contributed by atoms with Crippen molar-refractivity contribution in [2.45, 2.75) is 12.2 Å². The summed E-state index contributed by atoms with van der Waals surface area (Å²) < 4.78 is 6.92. The third-order valence-corrected chi connectivity index (χ3v) is 5.70. The summed E-state index contributed by atoms with van der Waals surface area (Å²) in [6.07, 6.45) is 21.9. The highest BCUT2D eigenvalue weighted by atomic mass is 16.5. The smallest absolute Gasteiger partial charge is 0.109 e. The van der Waals surface area contributed by atoms with Crippen LogP contribution in [0.5, 0.6) is 0 Å². The van der Waals surface area contributed by atoms with Crippen LogP contribution in [-0.2, 0) is 4.74 Å². The van der Waals surface area contributed by atoms with Crippen molar-refractivity contribution in [2.75, 3.05) is 0 Å². The molecule has 0 spiro atoms. The first-order valence-electron chi connectivity index (χ1n) is 11.1. The van der Waals surface area contributed by atoms with Gasteiger partial charge >= 0.3 is 0 Å². The molecule has 0 radical (unpaired) electrons. The first-order chi connectivity index (χ1) is 17.1. The summed E-state index contributed by atoms with van der Waals surface area (Å²) in [7, 11) is 0. The quantitative estimate of drug-likeness (QED) is 0.307. The van der Waals surface area contributed by atoms with Gasteiger partial charge in [0.25, 0.3) is 0 Å². The number of terminal acetylenes is 4. The molecule has 0 atom stereocenters. The second-order valence-corrected chi connectivity index (χ2v) is 7.98. The normalized spacial score (nSPS) is 10.2. The van der Waals surface area contributed by atoms with Crippen LogP contribution in [0.1, 0.15) is 56.7 Å². The Morgan fingerprint density at radius 2 is 0.686 bits per heavy atom. The molecule has 4 aromatic carbocycles. The van der Waals surface area contributed by atoms with E-state index in [9.17, 15) is 0 Å². The second-order valence-electron chi connectivity index (χ2n) is 7.98. The van der Waals surface area contributed by atoms with E-state index in [0.29, 0.717) is 0 Å². The molecule has 0 bridgehead atoms. The molecule has 35 heavy (non-hydrogen) atoms. The number of ether oxygens (including phenoxy) is 1. The fraction of sp³-hybridized carbons (Fsp3) is 0.0588. The number of hydrogen-bond acceptors (Lipinski definition) is 1. The number of hydrogen-bond donors (Lipinski definition) is 0. The minimum absolute atomic E-state index is 0.453. The van der Waals surface area contributed by atoms with Gasteiger partial charge < -0.3 is 4.74 Å². The van der Waals surface area contributed by atoms with Crippen molar-refractivity contribution in [1.29, 1.82) is 0 Å². The van der Waals surface area contributed by atoms with Crippen molar-refractivity contribution in [3.8, 4) is 49.4 Å². The van der Waals surface area contributed by atoms with Crippen LogP contribution in [0.15, 0.2) is 97.1 Å². The number of benzene rings is 4. The fourth-order valence-electron chi connectivity index (χ4n) is 4.00. The lowest BCUT2D eigenvalue weighted by atomic mass is 9.95. The zero-order chi connectivity index (χ0) is 24.6. The maximum absolute atomic E-state index is 6.92. The first-order valence-corrected chi connectivity index (χ1v) is 11.1. The van der Waals surface area contributed by atoms with Crippen LogP contribution in [0, 0.1) is 49.4 Å². The summed E-state index contributed by atoms with van der Waals surface area (Å²) in [4.78, 5) is 0. The highest BCUT2D eigenvalue weighted by molar-refractivity contribution is 5.45. The standard InChI is InChI=1S/C34H22O/c1-5-25-13-9-17-29(21-25)33(30-18-10-14-26(6-2)22-30)35-34(31-19-11-15-27(7-3)23-31)32-20-12-16-28(8-4)24-32/h1-4,9-24,33-34H. The highest BCUT2D eigenvalue weighted by Gasteiger charge is 2.24. The monoisotopic (exact) mass is 446 g/mol. The Morgan fingerprint density at radius 1 is 0.429 bits per heavy atom. The first kappa shape index (κ1) is 23.2. The Hall–Kier alpha value is -4.92. The molecule has 0 N–H and O–H groups in total. The minimum Gasteiger partial charge on any atom is -0.356 e. The molecule has 164 valence electrons. The fourth-order valence-corrected chi connectivity index (χ4v) is 4.00. The zero-order valence-corrected chi connectivity index (χ0v) is 19.1. The Labute approximate surface area is 207 Å². The molecule has 4 rings (SSSR count). The van der Waals surface area contributed by atoms with Crippen LogP contribution in [0.2, 0.25) is 0 Å². The molecule has 0 unspecified atom stereocenters. The Kier molecular flexibility index (Phi) is 7.17. The second kappa shape index (κ2) is 10.8. The minimum atomic E-state index is -0.453. The van der Waals surface area contributed by atoms with E-state index in [4.69, 9.17) is 30.4 Å². The van der Waals surface area contributed by atoms with Gasteiger partial charge in [0.1, 0.15) is 12.2 Å². The molecular weight excluding hydrogens is 424 g/mol. The largest absolute Gasteiger partial charge is 0.356 e. The summed E-state index contributed by atoms with van der Waals surface area (Å²) in [5.41, 5.74) is 6.74. The molecule has 0 saturated heterocycles. The molecule has 0 aromatic heterocycles. The van der Waals surface area contributed by atoms with Crippen molar-refractivity contribution in [3.63, 3.8) is 0 Å². The van der Waals surface area contributed by atoms with Gasteiger partial charge in [0.15, 0.2) is 0 Å². The van der Waals surface area contributed by atoms with Gasteiger partial charge in [-0.2, -0.15) is 0 Å². The van der Waals surface area contributed by atoms with Crippen LogP contribution in [0.25, 0.3) is 0 Å². The zero-order valence-electron chi connectivity index (χ0n) is 19.1. The maximum atomic E-state index is 6.92.